The summed E-state index contributed by atoms with van der Waals surface area (Å²) < 4.78 is 5.22. The first-order chi connectivity index (χ1) is 8.12. The van der Waals surface area contributed by atoms with Gasteiger partial charge in [-0.25, -0.2) is 0 Å². The lowest BCUT2D eigenvalue weighted by Crippen LogP contribution is -2.45. The Labute approximate surface area is 108 Å². The van der Waals surface area contributed by atoms with E-state index in [1.807, 2.05) is 11.8 Å². The second kappa shape index (κ2) is 5.42. The number of hydrogen-bond acceptors (Lipinski definition) is 3. The predicted octanol–water partition coefficient (Wildman–Crippen LogP) is 2.89. The first-order valence-electron chi connectivity index (χ1n) is 6.08. The van der Waals surface area contributed by atoms with Crippen LogP contribution in [0.2, 0.25) is 0 Å². The van der Waals surface area contributed by atoms with Gasteiger partial charge in [0.25, 0.3) is 0 Å². The average Bonchev–Trinajstić information content (AvgIpc) is 2.70. The highest BCUT2D eigenvalue weighted by molar-refractivity contribution is 7.99. The molecule has 1 N–H and O–H groups in total. The smallest absolute Gasteiger partial charge is 0.0639 e. The Kier molecular flexibility index (Phi) is 4.13. The Morgan fingerprint density at radius 3 is 2.94 bits per heavy atom. The van der Waals surface area contributed by atoms with Crippen LogP contribution in [0.25, 0.3) is 0 Å². The first kappa shape index (κ1) is 12.9. The van der Waals surface area contributed by atoms with Crippen LogP contribution in [0.5, 0.6) is 0 Å². The minimum absolute atomic E-state index is 0.0525. The molecule has 0 spiro atoms. The van der Waals surface area contributed by atoms with Crippen molar-refractivity contribution < 1.29 is 4.74 Å². The topological polar surface area (TPSA) is 21.3 Å². The maximum absolute atomic E-state index is 5.22. The van der Waals surface area contributed by atoms with E-state index in [1.165, 1.54) is 16.2 Å². The quantitative estimate of drug-likeness (QED) is 0.869. The van der Waals surface area contributed by atoms with Gasteiger partial charge >= 0.3 is 0 Å². The molecule has 0 aliphatic carbocycles. The van der Waals surface area contributed by atoms with Crippen molar-refractivity contribution in [3.8, 4) is 0 Å². The van der Waals surface area contributed by atoms with Crippen molar-refractivity contribution in [2.24, 2.45) is 0 Å². The number of benzene rings is 1. The van der Waals surface area contributed by atoms with Crippen LogP contribution >= 0.6 is 11.8 Å². The van der Waals surface area contributed by atoms with Crippen LogP contribution in [0.3, 0.4) is 0 Å². The highest BCUT2D eigenvalue weighted by Gasteiger charge is 2.25. The fourth-order valence-electron chi connectivity index (χ4n) is 2.21. The van der Waals surface area contributed by atoms with Crippen molar-refractivity contribution >= 4 is 11.8 Å². The summed E-state index contributed by atoms with van der Waals surface area (Å²) in [6.45, 7) is 6.14. The Morgan fingerprint density at radius 2 is 2.18 bits per heavy atom. The molecule has 0 fully saturated rings. The molecule has 1 aliphatic heterocycles. The van der Waals surface area contributed by atoms with Gasteiger partial charge in [0.05, 0.1) is 6.61 Å². The van der Waals surface area contributed by atoms with Crippen LogP contribution in [-0.4, -0.2) is 31.6 Å². The number of nitrogens with one attached hydrogen (secondary N) is 1. The highest BCUT2D eigenvalue weighted by Crippen LogP contribution is 2.38. The van der Waals surface area contributed by atoms with Crippen LogP contribution in [0, 0.1) is 0 Å². The van der Waals surface area contributed by atoms with E-state index >= 15 is 0 Å². The molecule has 1 atom stereocenters. The van der Waals surface area contributed by atoms with E-state index in [1.54, 1.807) is 7.11 Å². The van der Waals surface area contributed by atoms with Gasteiger partial charge in [0.2, 0.25) is 0 Å². The van der Waals surface area contributed by atoms with Gasteiger partial charge in [0, 0.05) is 35.8 Å². The third kappa shape index (κ3) is 3.24. The Hall–Kier alpha value is -0.510. The lowest BCUT2D eigenvalue weighted by atomic mass is 9.99. The molecule has 0 amide bonds. The standard InChI is InChI=1S/C14H21NOS/c1-14(2,10-16-3)15-8-11-9-17-13-7-5-4-6-12(11)13/h4-7,11,15H,8-10H2,1-3H3. The van der Waals surface area contributed by atoms with E-state index in [9.17, 15) is 0 Å². The molecule has 1 aromatic rings. The van der Waals surface area contributed by atoms with Crippen molar-refractivity contribution in [2.45, 2.75) is 30.2 Å². The molecule has 17 heavy (non-hydrogen) atoms. The van der Waals surface area contributed by atoms with Crippen molar-refractivity contribution in [3.63, 3.8) is 0 Å². The lowest BCUT2D eigenvalue weighted by Gasteiger charge is -2.27. The third-order valence-corrected chi connectivity index (χ3v) is 4.38. The van der Waals surface area contributed by atoms with Gasteiger partial charge in [-0.1, -0.05) is 18.2 Å². The summed E-state index contributed by atoms with van der Waals surface area (Å²) in [5.41, 5.74) is 1.55. The van der Waals surface area contributed by atoms with Crippen LogP contribution in [0.15, 0.2) is 29.2 Å². The molecule has 0 aromatic heterocycles. The molecule has 0 bridgehead atoms. The summed E-state index contributed by atoms with van der Waals surface area (Å²) in [4.78, 5) is 1.45. The molecule has 1 aromatic carbocycles. The Morgan fingerprint density at radius 1 is 1.41 bits per heavy atom. The second-order valence-electron chi connectivity index (χ2n) is 5.24. The van der Waals surface area contributed by atoms with E-state index in [0.29, 0.717) is 5.92 Å². The van der Waals surface area contributed by atoms with Crippen LogP contribution < -0.4 is 5.32 Å². The molecule has 3 heteroatoms. The molecular weight excluding hydrogens is 230 g/mol. The Bertz CT molecular complexity index is 378. The van der Waals surface area contributed by atoms with Gasteiger partial charge in [0.1, 0.15) is 0 Å². The molecule has 94 valence electrons. The van der Waals surface area contributed by atoms with E-state index in [-0.39, 0.29) is 5.54 Å². The molecule has 1 aliphatic rings. The first-order valence-corrected chi connectivity index (χ1v) is 7.06. The van der Waals surface area contributed by atoms with Crippen LogP contribution in [0.4, 0.5) is 0 Å². The molecule has 1 unspecified atom stereocenters. The van der Waals surface area contributed by atoms with Gasteiger partial charge < -0.3 is 10.1 Å². The lowest BCUT2D eigenvalue weighted by molar-refractivity contribution is 0.128. The molecule has 0 saturated carbocycles. The maximum Gasteiger partial charge on any atom is 0.0639 e. The van der Waals surface area contributed by atoms with Crippen molar-refractivity contribution in [1.29, 1.82) is 0 Å². The van der Waals surface area contributed by atoms with Crippen molar-refractivity contribution in [2.75, 3.05) is 26.0 Å². The largest absolute Gasteiger partial charge is 0.383 e. The number of fused-ring (bicyclic) bond motifs is 1. The van der Waals surface area contributed by atoms with Gasteiger partial charge in [-0.15, -0.1) is 11.8 Å². The zero-order valence-corrected chi connectivity index (χ0v) is 11.6. The normalized spacial score (nSPS) is 19.4. The summed E-state index contributed by atoms with van der Waals surface area (Å²) in [7, 11) is 1.75. The van der Waals surface area contributed by atoms with Gasteiger partial charge in [-0.05, 0) is 25.5 Å². The molecule has 0 radical (unpaired) electrons. The summed E-state index contributed by atoms with van der Waals surface area (Å²) in [6.07, 6.45) is 0. The minimum atomic E-state index is 0.0525. The number of ether oxygens (including phenoxy) is 1. The van der Waals surface area contributed by atoms with E-state index in [4.69, 9.17) is 4.74 Å². The van der Waals surface area contributed by atoms with E-state index < -0.39 is 0 Å². The van der Waals surface area contributed by atoms with Crippen molar-refractivity contribution in [3.05, 3.63) is 29.8 Å². The summed E-state index contributed by atoms with van der Waals surface area (Å²) in [5, 5.41) is 3.60. The zero-order valence-electron chi connectivity index (χ0n) is 10.8. The van der Waals surface area contributed by atoms with E-state index in [0.717, 1.165) is 13.2 Å². The summed E-state index contributed by atoms with van der Waals surface area (Å²) in [5.74, 6) is 1.82. The van der Waals surface area contributed by atoms with Gasteiger partial charge in [-0.2, -0.15) is 0 Å². The molecule has 2 nitrogen and oxygen atoms in total. The minimum Gasteiger partial charge on any atom is -0.383 e. The number of thioether (sulfide) groups is 1. The Balaban J connectivity index is 1.94. The summed E-state index contributed by atoms with van der Waals surface area (Å²) in [6, 6.07) is 8.74. The van der Waals surface area contributed by atoms with Crippen LogP contribution in [-0.2, 0) is 4.74 Å². The number of hydrogen-bond donors (Lipinski definition) is 1. The average molecular weight is 251 g/mol. The van der Waals surface area contributed by atoms with Gasteiger partial charge in [0.15, 0.2) is 0 Å². The number of methoxy groups -OCH3 is 1. The summed E-state index contributed by atoms with van der Waals surface area (Å²) >= 11 is 1.97. The second-order valence-corrected chi connectivity index (χ2v) is 6.31. The van der Waals surface area contributed by atoms with E-state index in [2.05, 4.69) is 43.4 Å². The van der Waals surface area contributed by atoms with Crippen LogP contribution in [0.1, 0.15) is 25.3 Å². The zero-order chi connectivity index (χ0) is 12.3. The fourth-order valence-corrected chi connectivity index (χ4v) is 3.46. The fraction of sp³-hybridized carbons (Fsp3) is 0.571. The predicted molar refractivity (Wildman–Crippen MR) is 73.9 cm³/mol. The molecule has 0 saturated heterocycles. The molecule has 1 heterocycles. The van der Waals surface area contributed by atoms with Gasteiger partial charge in [-0.3, -0.25) is 0 Å². The monoisotopic (exact) mass is 251 g/mol. The molecule has 2 rings (SSSR count). The SMILES string of the molecule is COCC(C)(C)NCC1CSc2ccccc21. The highest BCUT2D eigenvalue weighted by atomic mass is 32.2. The van der Waals surface area contributed by atoms with Crippen molar-refractivity contribution in [1.82, 2.24) is 5.32 Å². The molecular formula is C14H21NOS. The third-order valence-electron chi connectivity index (χ3n) is 3.13. The maximum atomic E-state index is 5.22. The number of rotatable bonds is 5.